The van der Waals surface area contributed by atoms with Gasteiger partial charge in [0.15, 0.2) is 0 Å². The van der Waals surface area contributed by atoms with E-state index in [1.807, 2.05) is 18.2 Å². The van der Waals surface area contributed by atoms with Gasteiger partial charge >= 0.3 is 0 Å². The van der Waals surface area contributed by atoms with E-state index >= 15 is 0 Å². The number of hydrogen-bond acceptors (Lipinski definition) is 1. The van der Waals surface area contributed by atoms with Crippen LogP contribution < -0.4 is 5.32 Å². The fraction of sp³-hybridized carbons (Fsp3) is 0. The number of anilines is 1. The van der Waals surface area contributed by atoms with Crippen LogP contribution in [-0.4, -0.2) is 5.91 Å². The summed E-state index contributed by atoms with van der Waals surface area (Å²) in [7, 11) is 0. The Bertz CT molecular complexity index is 877. The molecule has 0 saturated heterocycles. The summed E-state index contributed by atoms with van der Waals surface area (Å²) < 4.78 is 0. The molecular weight excluding hydrogens is 341 g/mol. The number of carbonyl (C=O) groups excluding carboxylic acids is 1. The van der Waals surface area contributed by atoms with Crippen molar-refractivity contribution in [3.8, 4) is 0 Å². The molecule has 3 aromatic carbocycles. The van der Waals surface area contributed by atoms with Crippen LogP contribution in [0.5, 0.6) is 0 Å². The van der Waals surface area contributed by atoms with Crippen molar-refractivity contribution in [3.05, 3.63) is 75.2 Å². The van der Waals surface area contributed by atoms with Crippen LogP contribution in [-0.2, 0) is 0 Å². The molecule has 0 heterocycles. The maximum absolute atomic E-state index is 12.5. The van der Waals surface area contributed by atoms with Gasteiger partial charge in [-0.1, -0.05) is 59.1 Å². The molecule has 0 radical (unpaired) electrons. The monoisotopic (exact) mass is 349 g/mol. The van der Waals surface area contributed by atoms with Gasteiger partial charge in [-0.15, -0.1) is 0 Å². The Balaban J connectivity index is 2.03. The third-order valence-electron chi connectivity index (χ3n) is 3.29. The van der Waals surface area contributed by atoms with E-state index in [1.165, 1.54) is 0 Å². The minimum absolute atomic E-state index is 0.267. The molecule has 0 saturated carbocycles. The second kappa shape index (κ2) is 6.17. The summed E-state index contributed by atoms with van der Waals surface area (Å²) in [6.07, 6.45) is 0. The molecule has 0 atom stereocenters. The second-order valence-corrected chi connectivity index (χ2v) is 5.97. The molecule has 1 N–H and O–H groups in total. The van der Waals surface area contributed by atoms with Gasteiger partial charge in [-0.05, 0) is 35.7 Å². The second-order valence-electron chi connectivity index (χ2n) is 4.72. The van der Waals surface area contributed by atoms with E-state index in [-0.39, 0.29) is 5.91 Å². The highest BCUT2D eigenvalue weighted by molar-refractivity contribution is 6.37. The molecule has 3 rings (SSSR count). The number of carbonyl (C=O) groups is 1. The Morgan fingerprint density at radius 1 is 0.818 bits per heavy atom. The van der Waals surface area contributed by atoms with Gasteiger partial charge < -0.3 is 5.32 Å². The number of amides is 1. The molecule has 22 heavy (non-hydrogen) atoms. The van der Waals surface area contributed by atoms with Crippen LogP contribution in [0.3, 0.4) is 0 Å². The number of halogens is 3. The largest absolute Gasteiger partial charge is 0.321 e. The lowest BCUT2D eigenvalue weighted by atomic mass is 10.0. The fourth-order valence-corrected chi connectivity index (χ4v) is 2.83. The van der Waals surface area contributed by atoms with Crippen LogP contribution in [0.1, 0.15) is 10.4 Å². The SMILES string of the molecule is O=C(Nc1cc(Cl)ccc1Cl)c1cccc2c(Cl)cccc12. The van der Waals surface area contributed by atoms with Crippen molar-refractivity contribution in [2.24, 2.45) is 0 Å². The van der Waals surface area contributed by atoms with Crippen LogP contribution in [0.25, 0.3) is 10.8 Å². The summed E-state index contributed by atoms with van der Waals surface area (Å²) in [6, 6.07) is 15.8. The minimum Gasteiger partial charge on any atom is -0.321 e. The summed E-state index contributed by atoms with van der Waals surface area (Å²) >= 11 is 18.2. The Morgan fingerprint density at radius 3 is 2.36 bits per heavy atom. The van der Waals surface area contributed by atoms with Crippen LogP contribution in [0.2, 0.25) is 15.1 Å². The molecule has 0 bridgehead atoms. The van der Waals surface area contributed by atoms with Gasteiger partial charge in [-0.25, -0.2) is 0 Å². The number of rotatable bonds is 2. The predicted octanol–water partition coefficient (Wildman–Crippen LogP) is 6.05. The Labute approximate surface area is 142 Å². The van der Waals surface area contributed by atoms with E-state index in [2.05, 4.69) is 5.32 Å². The van der Waals surface area contributed by atoms with Crippen molar-refractivity contribution in [3.63, 3.8) is 0 Å². The number of benzene rings is 3. The maximum atomic E-state index is 12.5. The standard InChI is InChI=1S/C17H10Cl3NO/c18-10-7-8-15(20)16(9-10)21-17(22)13-5-1-4-12-11(13)3-2-6-14(12)19/h1-9H,(H,21,22). The van der Waals surface area contributed by atoms with Crippen LogP contribution in [0, 0.1) is 0 Å². The Kier molecular flexibility index (Phi) is 4.25. The topological polar surface area (TPSA) is 29.1 Å². The number of nitrogens with one attached hydrogen (secondary N) is 1. The van der Waals surface area contributed by atoms with Gasteiger partial charge in [0.1, 0.15) is 0 Å². The zero-order chi connectivity index (χ0) is 15.7. The Hall–Kier alpha value is -1.74. The van der Waals surface area contributed by atoms with E-state index in [0.717, 1.165) is 10.8 Å². The molecule has 1 amide bonds. The molecule has 0 aliphatic carbocycles. The first-order valence-corrected chi connectivity index (χ1v) is 7.63. The maximum Gasteiger partial charge on any atom is 0.256 e. The van der Waals surface area contributed by atoms with Crippen LogP contribution in [0.15, 0.2) is 54.6 Å². The number of hydrogen-bond donors (Lipinski definition) is 1. The average molecular weight is 351 g/mol. The predicted molar refractivity (Wildman–Crippen MR) is 93.4 cm³/mol. The first-order valence-electron chi connectivity index (χ1n) is 6.50. The van der Waals surface area contributed by atoms with Crippen molar-refractivity contribution in [1.82, 2.24) is 0 Å². The summed E-state index contributed by atoms with van der Waals surface area (Å²) in [5.74, 6) is -0.267. The summed E-state index contributed by atoms with van der Waals surface area (Å²) in [5, 5.41) is 5.92. The minimum atomic E-state index is -0.267. The summed E-state index contributed by atoms with van der Waals surface area (Å²) in [5.41, 5.74) is 0.995. The summed E-state index contributed by atoms with van der Waals surface area (Å²) in [6.45, 7) is 0. The molecule has 5 heteroatoms. The molecule has 0 aromatic heterocycles. The van der Waals surface area contributed by atoms with Crippen molar-refractivity contribution >= 4 is 57.2 Å². The van der Waals surface area contributed by atoms with Crippen molar-refractivity contribution < 1.29 is 4.79 Å². The third-order valence-corrected chi connectivity index (χ3v) is 4.18. The van der Waals surface area contributed by atoms with E-state index in [4.69, 9.17) is 34.8 Å². The molecule has 0 spiro atoms. The van der Waals surface area contributed by atoms with Gasteiger partial charge in [-0.3, -0.25) is 4.79 Å². The zero-order valence-electron chi connectivity index (χ0n) is 11.2. The van der Waals surface area contributed by atoms with Gasteiger partial charge in [-0.2, -0.15) is 0 Å². The lowest BCUT2D eigenvalue weighted by Gasteiger charge is -2.10. The fourth-order valence-electron chi connectivity index (χ4n) is 2.25. The summed E-state index contributed by atoms with van der Waals surface area (Å²) in [4.78, 5) is 12.5. The quantitative estimate of drug-likeness (QED) is 0.598. The van der Waals surface area contributed by atoms with Gasteiger partial charge in [0.25, 0.3) is 5.91 Å². The number of fused-ring (bicyclic) bond motifs is 1. The molecule has 3 aromatic rings. The molecular formula is C17H10Cl3NO. The normalized spacial score (nSPS) is 10.7. The van der Waals surface area contributed by atoms with E-state index in [0.29, 0.717) is 26.3 Å². The highest BCUT2D eigenvalue weighted by Crippen LogP contribution is 2.29. The van der Waals surface area contributed by atoms with Crippen molar-refractivity contribution in [1.29, 1.82) is 0 Å². The van der Waals surface area contributed by atoms with E-state index < -0.39 is 0 Å². The van der Waals surface area contributed by atoms with Crippen molar-refractivity contribution in [2.75, 3.05) is 5.32 Å². The van der Waals surface area contributed by atoms with Gasteiger partial charge in [0.05, 0.1) is 10.7 Å². The van der Waals surface area contributed by atoms with E-state index in [9.17, 15) is 4.79 Å². The van der Waals surface area contributed by atoms with Crippen LogP contribution in [0.4, 0.5) is 5.69 Å². The van der Waals surface area contributed by atoms with Crippen molar-refractivity contribution in [2.45, 2.75) is 0 Å². The lowest BCUT2D eigenvalue weighted by Crippen LogP contribution is -2.12. The average Bonchev–Trinajstić information content (AvgIpc) is 2.51. The lowest BCUT2D eigenvalue weighted by molar-refractivity contribution is 0.102. The molecule has 0 fully saturated rings. The zero-order valence-corrected chi connectivity index (χ0v) is 13.5. The molecule has 110 valence electrons. The first kappa shape index (κ1) is 15.2. The van der Waals surface area contributed by atoms with E-state index in [1.54, 1.807) is 36.4 Å². The smallest absolute Gasteiger partial charge is 0.256 e. The molecule has 0 aliphatic heterocycles. The van der Waals surface area contributed by atoms with Crippen LogP contribution >= 0.6 is 34.8 Å². The highest BCUT2D eigenvalue weighted by atomic mass is 35.5. The molecule has 2 nitrogen and oxygen atoms in total. The third kappa shape index (κ3) is 2.91. The molecule has 0 unspecified atom stereocenters. The van der Waals surface area contributed by atoms with Gasteiger partial charge in [0.2, 0.25) is 0 Å². The Morgan fingerprint density at radius 2 is 1.55 bits per heavy atom. The van der Waals surface area contributed by atoms with Gasteiger partial charge in [0, 0.05) is 21.0 Å². The highest BCUT2D eigenvalue weighted by Gasteiger charge is 2.13. The first-order chi connectivity index (χ1) is 10.6. The molecule has 0 aliphatic rings.